The molecule has 0 spiro atoms. The lowest BCUT2D eigenvalue weighted by atomic mass is 10.1. The number of anilines is 1. The number of aryl methyl sites for hydroxylation is 1. The van der Waals surface area contributed by atoms with Crippen LogP contribution in [0.15, 0.2) is 18.2 Å². The van der Waals surface area contributed by atoms with Crippen LogP contribution in [-0.2, 0) is 0 Å². The maximum atomic E-state index is 10.8. The first kappa shape index (κ1) is 11.9. The van der Waals surface area contributed by atoms with E-state index < -0.39 is 0 Å². The average molecular weight is 235 g/mol. The number of nitro groups is 1. The van der Waals surface area contributed by atoms with Crippen LogP contribution in [-0.4, -0.2) is 17.0 Å². The minimum atomic E-state index is -0.368. The first-order valence-electron chi connectivity index (χ1n) is 5.84. The van der Waals surface area contributed by atoms with Crippen LogP contribution in [0.25, 0.3) is 0 Å². The molecule has 1 aliphatic carbocycles. The van der Waals surface area contributed by atoms with Gasteiger partial charge in [0.15, 0.2) is 0 Å². The van der Waals surface area contributed by atoms with E-state index in [1.54, 1.807) is 12.1 Å². The van der Waals surface area contributed by atoms with Crippen LogP contribution in [0.4, 0.5) is 11.4 Å². The van der Waals surface area contributed by atoms with Crippen molar-refractivity contribution in [3.05, 3.63) is 33.9 Å². The largest absolute Gasteiger partial charge is 0.381 e. The van der Waals surface area contributed by atoms with E-state index in [-0.39, 0.29) is 22.7 Å². The van der Waals surface area contributed by atoms with Gasteiger partial charge in [-0.2, -0.15) is 0 Å². The van der Waals surface area contributed by atoms with Gasteiger partial charge in [-0.3, -0.25) is 10.1 Å². The van der Waals surface area contributed by atoms with Crippen LogP contribution in [0, 0.1) is 17.0 Å². The van der Waals surface area contributed by atoms with Gasteiger partial charge in [-0.15, -0.1) is 0 Å². The van der Waals surface area contributed by atoms with Crippen molar-refractivity contribution >= 4 is 11.4 Å². The molecule has 1 aromatic rings. The van der Waals surface area contributed by atoms with E-state index in [0.717, 1.165) is 30.5 Å². The Morgan fingerprint density at radius 3 is 2.76 bits per heavy atom. The molecule has 0 amide bonds. The Kier molecular flexibility index (Phi) is 3.28. The maximum absolute atomic E-state index is 10.8. The molecule has 92 valence electrons. The zero-order valence-corrected chi connectivity index (χ0v) is 9.85. The molecular weight excluding hydrogens is 218 g/mol. The summed E-state index contributed by atoms with van der Waals surface area (Å²) in [5.41, 5.74) is 7.76. The van der Waals surface area contributed by atoms with E-state index in [1.807, 2.05) is 13.0 Å². The summed E-state index contributed by atoms with van der Waals surface area (Å²) < 4.78 is 0. The van der Waals surface area contributed by atoms with Gasteiger partial charge in [-0.25, -0.2) is 0 Å². The summed E-state index contributed by atoms with van der Waals surface area (Å²) in [6, 6.07) is 5.43. The highest BCUT2D eigenvalue weighted by molar-refractivity contribution is 5.54. The second kappa shape index (κ2) is 4.71. The third kappa shape index (κ3) is 2.74. The fraction of sp³-hybridized carbons (Fsp3) is 0.500. The van der Waals surface area contributed by atoms with Crippen LogP contribution in [0.2, 0.25) is 0 Å². The van der Waals surface area contributed by atoms with E-state index >= 15 is 0 Å². The lowest BCUT2D eigenvalue weighted by Gasteiger charge is -2.18. The quantitative estimate of drug-likeness (QED) is 0.621. The van der Waals surface area contributed by atoms with Gasteiger partial charge >= 0.3 is 0 Å². The topological polar surface area (TPSA) is 81.2 Å². The highest BCUT2D eigenvalue weighted by atomic mass is 16.6. The molecule has 17 heavy (non-hydrogen) atoms. The van der Waals surface area contributed by atoms with Gasteiger partial charge in [-0.1, -0.05) is 0 Å². The van der Waals surface area contributed by atoms with Crippen LogP contribution in [0.5, 0.6) is 0 Å². The zero-order chi connectivity index (χ0) is 12.4. The number of nitrogens with two attached hydrogens (primary N) is 1. The molecular formula is C12H17N3O2. The van der Waals surface area contributed by atoms with Gasteiger partial charge in [0.1, 0.15) is 0 Å². The van der Waals surface area contributed by atoms with E-state index in [2.05, 4.69) is 5.32 Å². The molecule has 0 bridgehead atoms. The number of non-ortho nitro benzene ring substituents is 1. The van der Waals surface area contributed by atoms with Crippen molar-refractivity contribution in [1.82, 2.24) is 0 Å². The summed E-state index contributed by atoms with van der Waals surface area (Å²) in [5.74, 6) is 0. The summed E-state index contributed by atoms with van der Waals surface area (Å²) in [7, 11) is 0. The van der Waals surface area contributed by atoms with Gasteiger partial charge in [0.2, 0.25) is 0 Å². The second-order valence-corrected chi connectivity index (χ2v) is 4.66. The number of nitro benzene ring substituents is 1. The highest BCUT2D eigenvalue weighted by Gasteiger charge is 2.24. The minimum Gasteiger partial charge on any atom is -0.381 e. The Bertz CT molecular complexity index is 434. The predicted molar refractivity (Wildman–Crippen MR) is 67.1 cm³/mol. The molecule has 0 radical (unpaired) electrons. The lowest BCUT2D eigenvalue weighted by Crippen LogP contribution is -2.35. The molecule has 2 unspecified atom stereocenters. The molecule has 1 aliphatic rings. The van der Waals surface area contributed by atoms with Crippen molar-refractivity contribution in [2.24, 2.45) is 5.73 Å². The van der Waals surface area contributed by atoms with E-state index in [0.29, 0.717) is 0 Å². The number of benzene rings is 1. The molecule has 0 saturated heterocycles. The van der Waals surface area contributed by atoms with Crippen molar-refractivity contribution in [3.63, 3.8) is 0 Å². The number of rotatable bonds is 3. The molecule has 2 atom stereocenters. The standard InChI is InChI=1S/C12H17N3O2/c1-8-5-9(7-10(6-8)15(16)17)14-12-4-2-3-11(12)13/h5-7,11-12,14H,2-4,13H2,1H3. The number of nitrogens with one attached hydrogen (secondary N) is 1. The Balaban J connectivity index is 2.17. The Labute approximate surface area is 100 Å². The normalized spacial score (nSPS) is 23.6. The molecule has 0 aromatic heterocycles. The smallest absolute Gasteiger partial charge is 0.271 e. The van der Waals surface area contributed by atoms with Crippen molar-refractivity contribution in [1.29, 1.82) is 0 Å². The van der Waals surface area contributed by atoms with E-state index in [4.69, 9.17) is 5.73 Å². The highest BCUT2D eigenvalue weighted by Crippen LogP contribution is 2.25. The molecule has 1 aromatic carbocycles. The second-order valence-electron chi connectivity index (χ2n) is 4.66. The summed E-state index contributed by atoms with van der Waals surface area (Å²) in [5, 5.41) is 14.1. The SMILES string of the molecule is Cc1cc(NC2CCCC2N)cc([N+](=O)[O-])c1. The van der Waals surface area contributed by atoms with Crippen molar-refractivity contribution in [3.8, 4) is 0 Å². The number of hydrogen-bond donors (Lipinski definition) is 2. The average Bonchev–Trinajstić information content (AvgIpc) is 2.63. The third-order valence-electron chi connectivity index (χ3n) is 3.19. The zero-order valence-electron chi connectivity index (χ0n) is 9.85. The molecule has 0 aliphatic heterocycles. The molecule has 5 heteroatoms. The monoisotopic (exact) mass is 235 g/mol. The number of nitrogens with zero attached hydrogens (tertiary/aromatic N) is 1. The first-order chi connectivity index (χ1) is 8.06. The van der Waals surface area contributed by atoms with Crippen LogP contribution in [0.3, 0.4) is 0 Å². The van der Waals surface area contributed by atoms with E-state index in [1.165, 1.54) is 0 Å². The molecule has 0 heterocycles. The summed E-state index contributed by atoms with van der Waals surface area (Å²) in [6.45, 7) is 1.85. The van der Waals surface area contributed by atoms with Crippen LogP contribution >= 0.6 is 0 Å². The minimum absolute atomic E-state index is 0.124. The molecule has 1 fully saturated rings. The fourth-order valence-electron chi connectivity index (χ4n) is 2.33. The van der Waals surface area contributed by atoms with Gasteiger partial charge in [0.25, 0.3) is 5.69 Å². The summed E-state index contributed by atoms with van der Waals surface area (Å²) in [4.78, 5) is 10.4. The van der Waals surface area contributed by atoms with Gasteiger partial charge in [0, 0.05) is 29.9 Å². The Morgan fingerprint density at radius 1 is 1.41 bits per heavy atom. The van der Waals surface area contributed by atoms with Crippen molar-refractivity contribution < 1.29 is 4.92 Å². The molecule has 3 N–H and O–H groups in total. The number of hydrogen-bond acceptors (Lipinski definition) is 4. The molecule has 5 nitrogen and oxygen atoms in total. The summed E-state index contributed by atoms with van der Waals surface area (Å²) in [6.07, 6.45) is 3.17. The first-order valence-corrected chi connectivity index (χ1v) is 5.84. The molecule has 1 saturated carbocycles. The third-order valence-corrected chi connectivity index (χ3v) is 3.19. The van der Waals surface area contributed by atoms with Gasteiger partial charge in [-0.05, 0) is 37.8 Å². The van der Waals surface area contributed by atoms with Crippen LogP contribution < -0.4 is 11.1 Å². The van der Waals surface area contributed by atoms with Crippen molar-refractivity contribution in [2.45, 2.75) is 38.3 Å². The maximum Gasteiger partial charge on any atom is 0.271 e. The van der Waals surface area contributed by atoms with E-state index in [9.17, 15) is 10.1 Å². The van der Waals surface area contributed by atoms with Crippen LogP contribution in [0.1, 0.15) is 24.8 Å². The van der Waals surface area contributed by atoms with Gasteiger partial charge < -0.3 is 11.1 Å². The summed E-state index contributed by atoms with van der Waals surface area (Å²) >= 11 is 0. The Morgan fingerprint density at radius 2 is 2.18 bits per heavy atom. The van der Waals surface area contributed by atoms with Gasteiger partial charge in [0.05, 0.1) is 4.92 Å². The predicted octanol–water partition coefficient (Wildman–Crippen LogP) is 2.19. The van der Waals surface area contributed by atoms with Crippen molar-refractivity contribution in [2.75, 3.05) is 5.32 Å². The Hall–Kier alpha value is -1.62. The molecule has 2 rings (SSSR count). The fourth-order valence-corrected chi connectivity index (χ4v) is 2.33. The lowest BCUT2D eigenvalue weighted by molar-refractivity contribution is -0.384.